The van der Waals surface area contributed by atoms with Gasteiger partial charge in [0, 0.05) is 23.4 Å². The first-order valence-electron chi connectivity index (χ1n) is 7.27. The molecule has 0 bridgehead atoms. The Bertz CT molecular complexity index is 299. The summed E-state index contributed by atoms with van der Waals surface area (Å²) < 4.78 is 0. The molecule has 1 N–H and O–H groups in total. The van der Waals surface area contributed by atoms with Crippen LogP contribution in [0.4, 0.5) is 0 Å². The van der Waals surface area contributed by atoms with E-state index >= 15 is 0 Å². The van der Waals surface area contributed by atoms with Crippen molar-refractivity contribution in [2.24, 2.45) is 11.3 Å². The van der Waals surface area contributed by atoms with Crippen LogP contribution in [0.3, 0.4) is 0 Å². The number of nitrogens with one attached hydrogen (secondary N) is 1. The molecule has 0 radical (unpaired) electrons. The topological polar surface area (TPSA) is 29.1 Å². The number of ketones is 1. The van der Waals surface area contributed by atoms with Gasteiger partial charge in [0.15, 0.2) is 0 Å². The summed E-state index contributed by atoms with van der Waals surface area (Å²) in [7, 11) is 0. The van der Waals surface area contributed by atoms with E-state index in [1.807, 2.05) is 20.8 Å². The first-order chi connectivity index (χ1) is 8.32. The third-order valence-corrected chi connectivity index (χ3v) is 3.56. The Morgan fingerprint density at radius 1 is 1.17 bits per heavy atom. The van der Waals surface area contributed by atoms with E-state index in [1.165, 1.54) is 0 Å². The van der Waals surface area contributed by atoms with E-state index in [-0.39, 0.29) is 11.3 Å². The van der Waals surface area contributed by atoms with Gasteiger partial charge >= 0.3 is 0 Å². The SMILES string of the molecule is CC(C)NC1CCC=CCCC1C(=O)C(C)(C)C. The van der Waals surface area contributed by atoms with E-state index in [2.05, 4.69) is 31.3 Å². The molecule has 0 aromatic rings. The Morgan fingerprint density at radius 3 is 2.22 bits per heavy atom. The van der Waals surface area contributed by atoms with Crippen molar-refractivity contribution < 1.29 is 4.79 Å². The second-order valence-electron chi connectivity index (χ2n) is 6.77. The molecule has 18 heavy (non-hydrogen) atoms. The lowest BCUT2D eigenvalue weighted by atomic mass is 9.76. The van der Waals surface area contributed by atoms with Gasteiger partial charge in [-0.05, 0) is 25.7 Å². The Balaban J connectivity index is 2.85. The highest BCUT2D eigenvalue weighted by Gasteiger charge is 2.34. The molecule has 2 heteroatoms. The summed E-state index contributed by atoms with van der Waals surface area (Å²) in [6.45, 7) is 10.4. The second kappa shape index (κ2) is 6.51. The Morgan fingerprint density at radius 2 is 1.72 bits per heavy atom. The van der Waals surface area contributed by atoms with Gasteiger partial charge in [-0.1, -0.05) is 46.8 Å². The number of hydrogen-bond donors (Lipinski definition) is 1. The van der Waals surface area contributed by atoms with E-state index < -0.39 is 0 Å². The highest BCUT2D eigenvalue weighted by atomic mass is 16.1. The number of allylic oxidation sites excluding steroid dienone is 2. The Hall–Kier alpha value is -0.630. The number of hydrogen-bond acceptors (Lipinski definition) is 2. The molecule has 0 fully saturated rings. The van der Waals surface area contributed by atoms with Gasteiger partial charge in [0.2, 0.25) is 0 Å². The number of carbonyl (C=O) groups excluding carboxylic acids is 1. The monoisotopic (exact) mass is 251 g/mol. The molecule has 104 valence electrons. The van der Waals surface area contributed by atoms with Crippen LogP contribution in [0, 0.1) is 11.3 Å². The molecule has 0 aromatic carbocycles. The van der Waals surface area contributed by atoms with Crippen LogP contribution in [-0.4, -0.2) is 17.9 Å². The molecule has 0 aromatic heterocycles. The van der Waals surface area contributed by atoms with E-state index in [0.29, 0.717) is 17.9 Å². The van der Waals surface area contributed by atoms with Crippen molar-refractivity contribution in [3.05, 3.63) is 12.2 Å². The van der Waals surface area contributed by atoms with E-state index in [0.717, 1.165) is 25.7 Å². The van der Waals surface area contributed by atoms with Crippen LogP contribution < -0.4 is 5.32 Å². The van der Waals surface area contributed by atoms with Crippen molar-refractivity contribution in [3.63, 3.8) is 0 Å². The quantitative estimate of drug-likeness (QED) is 0.775. The van der Waals surface area contributed by atoms with Crippen LogP contribution in [0.15, 0.2) is 12.2 Å². The standard InChI is InChI=1S/C16H29NO/c1-12(2)17-14-11-9-7-6-8-10-13(14)15(18)16(3,4)5/h6-7,12-14,17H,8-11H2,1-5H3. The first kappa shape index (κ1) is 15.4. The fraction of sp³-hybridized carbons (Fsp3) is 0.812. The summed E-state index contributed by atoms with van der Waals surface area (Å²) in [4.78, 5) is 12.6. The molecular weight excluding hydrogens is 222 g/mol. The number of Topliss-reactive ketones (excluding diaryl/α,β-unsaturated/α-hetero) is 1. The lowest BCUT2D eigenvalue weighted by Gasteiger charge is -2.33. The molecule has 0 aliphatic heterocycles. The highest BCUT2D eigenvalue weighted by Crippen LogP contribution is 2.29. The summed E-state index contributed by atoms with van der Waals surface area (Å²) in [6, 6.07) is 0.773. The lowest BCUT2D eigenvalue weighted by molar-refractivity contribution is -0.131. The van der Waals surface area contributed by atoms with Gasteiger partial charge in [-0.3, -0.25) is 4.79 Å². The van der Waals surface area contributed by atoms with Gasteiger partial charge in [0.05, 0.1) is 0 Å². The van der Waals surface area contributed by atoms with Gasteiger partial charge in [0.25, 0.3) is 0 Å². The Labute approximate surface area is 112 Å². The van der Waals surface area contributed by atoms with Gasteiger partial charge in [-0.2, -0.15) is 0 Å². The fourth-order valence-electron chi connectivity index (χ4n) is 2.69. The van der Waals surface area contributed by atoms with Crippen LogP contribution >= 0.6 is 0 Å². The van der Waals surface area contributed by atoms with Crippen LogP contribution in [0.25, 0.3) is 0 Å². The molecule has 2 atom stereocenters. The van der Waals surface area contributed by atoms with Crippen molar-refractivity contribution in [1.82, 2.24) is 5.32 Å². The second-order valence-corrected chi connectivity index (χ2v) is 6.77. The summed E-state index contributed by atoms with van der Waals surface area (Å²) >= 11 is 0. The number of rotatable bonds is 3. The van der Waals surface area contributed by atoms with Crippen molar-refractivity contribution in [2.45, 2.75) is 72.4 Å². The molecule has 0 spiro atoms. The summed E-state index contributed by atoms with van der Waals surface area (Å²) in [5.41, 5.74) is -0.232. The van der Waals surface area contributed by atoms with Crippen molar-refractivity contribution >= 4 is 5.78 Å². The summed E-state index contributed by atoms with van der Waals surface area (Å²) in [5.74, 6) is 0.577. The zero-order chi connectivity index (χ0) is 13.8. The molecule has 0 saturated heterocycles. The molecule has 0 amide bonds. The largest absolute Gasteiger partial charge is 0.311 e. The molecule has 2 unspecified atom stereocenters. The highest BCUT2D eigenvalue weighted by molar-refractivity contribution is 5.86. The van der Waals surface area contributed by atoms with Gasteiger partial charge < -0.3 is 5.32 Å². The number of carbonyl (C=O) groups is 1. The van der Waals surface area contributed by atoms with E-state index in [1.54, 1.807) is 0 Å². The predicted molar refractivity (Wildman–Crippen MR) is 77.6 cm³/mol. The third kappa shape index (κ3) is 4.56. The van der Waals surface area contributed by atoms with Crippen molar-refractivity contribution in [3.8, 4) is 0 Å². The third-order valence-electron chi connectivity index (χ3n) is 3.56. The van der Waals surface area contributed by atoms with Gasteiger partial charge in [-0.25, -0.2) is 0 Å². The molecule has 1 rings (SSSR count). The minimum atomic E-state index is -0.232. The average Bonchev–Trinajstić information content (AvgIpc) is 2.20. The predicted octanol–water partition coefficient (Wildman–Crippen LogP) is 3.71. The molecule has 0 saturated carbocycles. The Kier molecular flexibility index (Phi) is 5.58. The van der Waals surface area contributed by atoms with Gasteiger partial charge in [0.1, 0.15) is 5.78 Å². The van der Waals surface area contributed by atoms with Crippen molar-refractivity contribution in [1.29, 1.82) is 0 Å². The van der Waals surface area contributed by atoms with Gasteiger partial charge in [-0.15, -0.1) is 0 Å². The fourth-order valence-corrected chi connectivity index (χ4v) is 2.69. The zero-order valence-electron chi connectivity index (χ0n) is 12.6. The normalized spacial score (nSPS) is 25.9. The van der Waals surface area contributed by atoms with E-state index in [9.17, 15) is 4.79 Å². The van der Waals surface area contributed by atoms with Crippen molar-refractivity contribution in [2.75, 3.05) is 0 Å². The first-order valence-corrected chi connectivity index (χ1v) is 7.27. The molecular formula is C16H29NO. The minimum Gasteiger partial charge on any atom is -0.311 e. The van der Waals surface area contributed by atoms with Crippen LogP contribution in [-0.2, 0) is 4.79 Å². The summed E-state index contributed by atoms with van der Waals surface area (Å²) in [6.07, 6.45) is 8.65. The van der Waals surface area contributed by atoms with Crippen LogP contribution in [0.1, 0.15) is 60.3 Å². The van der Waals surface area contributed by atoms with E-state index in [4.69, 9.17) is 0 Å². The average molecular weight is 251 g/mol. The molecule has 0 heterocycles. The molecule has 2 nitrogen and oxygen atoms in total. The van der Waals surface area contributed by atoms with Crippen LogP contribution in [0.2, 0.25) is 0 Å². The zero-order valence-corrected chi connectivity index (χ0v) is 12.6. The smallest absolute Gasteiger partial charge is 0.142 e. The molecule has 1 aliphatic carbocycles. The maximum absolute atomic E-state index is 12.6. The minimum absolute atomic E-state index is 0.164. The lowest BCUT2D eigenvalue weighted by Crippen LogP contribution is -2.46. The van der Waals surface area contributed by atoms with Crippen LogP contribution in [0.5, 0.6) is 0 Å². The summed E-state index contributed by atoms with van der Waals surface area (Å²) in [5, 5.41) is 3.60. The maximum Gasteiger partial charge on any atom is 0.142 e. The molecule has 1 aliphatic rings. The maximum atomic E-state index is 12.6.